The molecule has 0 saturated heterocycles. The van der Waals surface area contributed by atoms with Crippen molar-refractivity contribution in [2.45, 2.75) is 4.21 Å². The number of aldehydes is 1. The van der Waals surface area contributed by atoms with E-state index in [0.29, 0.717) is 11.8 Å². The molecule has 14 heavy (non-hydrogen) atoms. The molecule has 0 radical (unpaired) electrons. The first-order valence-corrected chi connectivity index (χ1v) is 6.01. The van der Waals surface area contributed by atoms with Gasteiger partial charge in [-0.05, 0) is 24.5 Å². The van der Waals surface area contributed by atoms with Gasteiger partial charge in [-0.1, -0.05) is 0 Å². The number of hydrogen-bond acceptors (Lipinski definition) is 3. The summed E-state index contributed by atoms with van der Waals surface area (Å²) in [4.78, 5) is 10.7. The van der Waals surface area contributed by atoms with E-state index in [-0.39, 0.29) is 5.82 Å². The van der Waals surface area contributed by atoms with E-state index in [1.54, 1.807) is 11.8 Å². The summed E-state index contributed by atoms with van der Waals surface area (Å²) in [6.45, 7) is 0. The molecular weight excluding hydrogens is 219 g/mol. The van der Waals surface area contributed by atoms with E-state index >= 15 is 0 Å². The quantitative estimate of drug-likeness (QED) is 0.575. The van der Waals surface area contributed by atoms with E-state index in [2.05, 4.69) is 0 Å². The van der Waals surface area contributed by atoms with Crippen LogP contribution in [0.3, 0.4) is 0 Å². The molecular formula is C10H7FOS2. The molecule has 1 aromatic carbocycles. The van der Waals surface area contributed by atoms with Crippen molar-refractivity contribution in [3.63, 3.8) is 0 Å². The fourth-order valence-electron chi connectivity index (χ4n) is 1.31. The van der Waals surface area contributed by atoms with Crippen molar-refractivity contribution in [2.75, 3.05) is 6.26 Å². The molecule has 0 saturated carbocycles. The molecule has 0 fully saturated rings. The Morgan fingerprint density at radius 2 is 2.21 bits per heavy atom. The number of hydrogen-bond donors (Lipinski definition) is 0. The second-order valence-electron chi connectivity index (χ2n) is 2.79. The number of thioether (sulfide) groups is 1. The highest BCUT2D eigenvalue weighted by Gasteiger charge is 2.07. The lowest BCUT2D eigenvalue weighted by Gasteiger charge is -1.93. The minimum absolute atomic E-state index is 0.353. The normalized spacial score (nSPS) is 10.7. The van der Waals surface area contributed by atoms with Crippen molar-refractivity contribution < 1.29 is 9.18 Å². The lowest BCUT2D eigenvalue weighted by Crippen LogP contribution is -1.82. The van der Waals surface area contributed by atoms with Gasteiger partial charge in [-0.2, -0.15) is 0 Å². The van der Waals surface area contributed by atoms with E-state index in [1.807, 2.05) is 12.3 Å². The Balaban J connectivity index is 2.77. The van der Waals surface area contributed by atoms with Gasteiger partial charge in [0.05, 0.1) is 4.21 Å². The molecule has 0 atom stereocenters. The number of carbonyl (C=O) groups excluding carboxylic acids is 1. The number of fused-ring (bicyclic) bond motifs is 1. The van der Waals surface area contributed by atoms with Crippen molar-refractivity contribution in [1.29, 1.82) is 0 Å². The molecule has 0 unspecified atom stereocenters. The maximum Gasteiger partial charge on any atom is 0.150 e. The van der Waals surface area contributed by atoms with Gasteiger partial charge in [0.25, 0.3) is 0 Å². The molecule has 0 amide bonds. The van der Waals surface area contributed by atoms with E-state index in [0.717, 1.165) is 14.3 Å². The van der Waals surface area contributed by atoms with E-state index in [4.69, 9.17) is 0 Å². The average Bonchev–Trinajstić information content (AvgIpc) is 2.59. The molecule has 0 N–H and O–H groups in total. The second kappa shape index (κ2) is 3.71. The third-order valence-corrected chi connectivity index (χ3v) is 4.09. The third kappa shape index (κ3) is 1.55. The van der Waals surface area contributed by atoms with Crippen molar-refractivity contribution in [3.05, 3.63) is 29.6 Å². The van der Waals surface area contributed by atoms with Gasteiger partial charge in [-0.25, -0.2) is 4.39 Å². The summed E-state index contributed by atoms with van der Waals surface area (Å²) in [5, 5.41) is 0.843. The van der Waals surface area contributed by atoms with Crippen molar-refractivity contribution in [1.82, 2.24) is 0 Å². The van der Waals surface area contributed by atoms with Crippen LogP contribution in [0.5, 0.6) is 0 Å². The van der Waals surface area contributed by atoms with Crippen molar-refractivity contribution in [3.8, 4) is 0 Å². The molecule has 0 aliphatic rings. The van der Waals surface area contributed by atoms with Gasteiger partial charge in [0.2, 0.25) is 0 Å². The fourth-order valence-corrected chi connectivity index (χ4v) is 3.00. The van der Waals surface area contributed by atoms with Crippen LogP contribution in [0.1, 0.15) is 10.4 Å². The first kappa shape index (κ1) is 9.68. The highest BCUT2D eigenvalue weighted by molar-refractivity contribution is 8.00. The predicted octanol–water partition coefficient (Wildman–Crippen LogP) is 3.57. The molecule has 4 heteroatoms. The smallest absolute Gasteiger partial charge is 0.150 e. The van der Waals surface area contributed by atoms with Crippen LogP contribution in [0.25, 0.3) is 10.1 Å². The van der Waals surface area contributed by atoms with Crippen molar-refractivity contribution >= 4 is 39.5 Å². The monoisotopic (exact) mass is 226 g/mol. The summed E-state index contributed by atoms with van der Waals surface area (Å²) in [5.74, 6) is -0.353. The van der Waals surface area contributed by atoms with Gasteiger partial charge in [0.1, 0.15) is 5.82 Å². The van der Waals surface area contributed by atoms with Crippen LogP contribution in [0, 0.1) is 5.82 Å². The Bertz CT molecular complexity index is 490. The maximum absolute atomic E-state index is 13.0. The van der Waals surface area contributed by atoms with Crippen LogP contribution in [-0.4, -0.2) is 12.5 Å². The molecule has 1 heterocycles. The molecule has 1 nitrogen and oxygen atoms in total. The number of rotatable bonds is 2. The van der Waals surface area contributed by atoms with Gasteiger partial charge in [0.15, 0.2) is 6.29 Å². The Hall–Kier alpha value is -0.870. The fraction of sp³-hybridized carbons (Fsp3) is 0.100. The minimum atomic E-state index is -0.353. The van der Waals surface area contributed by atoms with Crippen LogP contribution in [0.15, 0.2) is 22.4 Å². The molecule has 0 bridgehead atoms. The number of carbonyl (C=O) groups is 1. The molecule has 0 aliphatic heterocycles. The SMILES string of the molecule is CSc1cc2c(C=O)cc(F)cc2s1. The van der Waals surface area contributed by atoms with Gasteiger partial charge in [-0.3, -0.25) is 4.79 Å². The maximum atomic E-state index is 13.0. The summed E-state index contributed by atoms with van der Waals surface area (Å²) in [7, 11) is 0. The summed E-state index contributed by atoms with van der Waals surface area (Å²) in [6, 6.07) is 4.66. The zero-order valence-corrected chi connectivity index (χ0v) is 9.05. The van der Waals surface area contributed by atoms with Crippen molar-refractivity contribution in [2.24, 2.45) is 0 Å². The minimum Gasteiger partial charge on any atom is -0.298 e. The van der Waals surface area contributed by atoms with Gasteiger partial charge in [-0.15, -0.1) is 23.1 Å². The Morgan fingerprint density at radius 1 is 1.43 bits per heavy atom. The first-order valence-electron chi connectivity index (χ1n) is 3.97. The standard InChI is InChI=1S/C10H7FOS2/c1-13-10-4-8-6(5-12)2-7(11)3-9(8)14-10/h2-5H,1H3. The summed E-state index contributed by atoms with van der Waals surface area (Å²) in [6.07, 6.45) is 2.66. The zero-order chi connectivity index (χ0) is 10.1. The Morgan fingerprint density at radius 3 is 2.86 bits per heavy atom. The highest BCUT2D eigenvalue weighted by atomic mass is 32.2. The number of benzene rings is 1. The van der Waals surface area contributed by atoms with E-state index < -0.39 is 0 Å². The van der Waals surface area contributed by atoms with Crippen LogP contribution in [-0.2, 0) is 0 Å². The lowest BCUT2D eigenvalue weighted by molar-refractivity contribution is 0.112. The first-order chi connectivity index (χ1) is 6.74. The van der Waals surface area contributed by atoms with Crippen LogP contribution >= 0.6 is 23.1 Å². The summed E-state index contributed by atoms with van der Waals surface area (Å²) >= 11 is 3.10. The second-order valence-corrected chi connectivity index (χ2v) is 4.98. The molecule has 72 valence electrons. The van der Waals surface area contributed by atoms with Gasteiger partial charge >= 0.3 is 0 Å². The Kier molecular flexibility index (Phi) is 2.56. The lowest BCUT2D eigenvalue weighted by atomic mass is 10.1. The zero-order valence-electron chi connectivity index (χ0n) is 7.41. The average molecular weight is 226 g/mol. The summed E-state index contributed by atoms with van der Waals surface area (Å²) in [5.41, 5.74) is 0.427. The third-order valence-electron chi connectivity index (χ3n) is 1.94. The summed E-state index contributed by atoms with van der Waals surface area (Å²) < 4.78 is 15.0. The predicted molar refractivity (Wildman–Crippen MR) is 59.0 cm³/mol. The van der Waals surface area contributed by atoms with E-state index in [9.17, 15) is 9.18 Å². The number of halogens is 1. The molecule has 0 spiro atoms. The molecule has 1 aromatic heterocycles. The topological polar surface area (TPSA) is 17.1 Å². The Labute approximate surface area is 88.9 Å². The van der Waals surface area contributed by atoms with Crippen LogP contribution in [0.4, 0.5) is 4.39 Å². The van der Waals surface area contributed by atoms with Gasteiger partial charge in [0, 0.05) is 15.6 Å². The van der Waals surface area contributed by atoms with E-state index in [1.165, 1.54) is 23.5 Å². The molecule has 2 rings (SSSR count). The number of thiophene rings is 1. The van der Waals surface area contributed by atoms with Crippen LogP contribution < -0.4 is 0 Å². The molecule has 0 aliphatic carbocycles. The molecule has 2 aromatic rings. The largest absolute Gasteiger partial charge is 0.298 e. The van der Waals surface area contributed by atoms with Gasteiger partial charge < -0.3 is 0 Å². The van der Waals surface area contributed by atoms with Crippen LogP contribution in [0.2, 0.25) is 0 Å². The highest BCUT2D eigenvalue weighted by Crippen LogP contribution is 2.33.